The van der Waals surface area contributed by atoms with E-state index in [0.717, 1.165) is 42.7 Å². The summed E-state index contributed by atoms with van der Waals surface area (Å²) in [4.78, 5) is 15.2. The maximum Gasteiger partial charge on any atom is 0.223 e. The lowest BCUT2D eigenvalue weighted by atomic mass is 10.0. The molecule has 4 rings (SSSR count). The molecule has 1 heterocycles. The van der Waals surface area contributed by atoms with Gasteiger partial charge in [0, 0.05) is 36.1 Å². The third-order valence-electron chi connectivity index (χ3n) is 6.35. The van der Waals surface area contributed by atoms with Crippen molar-refractivity contribution in [2.24, 2.45) is 11.8 Å². The number of nitrogens with one attached hydrogen (secondary N) is 1. The summed E-state index contributed by atoms with van der Waals surface area (Å²) in [5.41, 5.74) is 1.30. The highest BCUT2D eigenvalue weighted by Crippen LogP contribution is 2.47. The van der Waals surface area contributed by atoms with Gasteiger partial charge in [0.2, 0.25) is 5.91 Å². The number of hydrogen-bond acceptors (Lipinski definition) is 2. The molecule has 0 spiro atoms. The second-order valence-electron chi connectivity index (χ2n) is 8.23. The Morgan fingerprint density at radius 2 is 1.76 bits per heavy atom. The van der Waals surface area contributed by atoms with Gasteiger partial charge in [-0.2, -0.15) is 0 Å². The van der Waals surface area contributed by atoms with E-state index in [4.69, 9.17) is 0 Å². The molecule has 0 aromatic heterocycles. The van der Waals surface area contributed by atoms with E-state index in [1.807, 2.05) is 0 Å². The van der Waals surface area contributed by atoms with Gasteiger partial charge in [-0.1, -0.05) is 40.9 Å². The van der Waals surface area contributed by atoms with Crippen molar-refractivity contribution >= 4 is 21.8 Å². The highest BCUT2D eigenvalue weighted by Gasteiger charge is 2.44. The molecule has 136 valence electrons. The van der Waals surface area contributed by atoms with Crippen LogP contribution >= 0.6 is 15.9 Å². The summed E-state index contributed by atoms with van der Waals surface area (Å²) >= 11 is 3.47. The molecule has 1 amide bonds. The van der Waals surface area contributed by atoms with Gasteiger partial charge in [0.25, 0.3) is 0 Å². The summed E-state index contributed by atoms with van der Waals surface area (Å²) in [5.74, 6) is 1.83. The number of carbonyl (C=O) groups excluding carboxylic acids is 1. The fourth-order valence-corrected chi connectivity index (χ4v) is 4.95. The normalized spacial score (nSPS) is 28.2. The van der Waals surface area contributed by atoms with Gasteiger partial charge < -0.3 is 10.2 Å². The Morgan fingerprint density at radius 3 is 2.44 bits per heavy atom. The van der Waals surface area contributed by atoms with Crippen LogP contribution in [-0.4, -0.2) is 36.5 Å². The van der Waals surface area contributed by atoms with E-state index in [1.165, 1.54) is 37.8 Å². The molecule has 2 saturated carbocycles. The van der Waals surface area contributed by atoms with Crippen LogP contribution in [0, 0.1) is 11.8 Å². The molecular formula is C21H29BrN2O. The van der Waals surface area contributed by atoms with Gasteiger partial charge in [-0.25, -0.2) is 0 Å². The molecule has 3 aliphatic rings. The maximum atomic E-state index is 12.6. The number of nitrogens with zero attached hydrogens (tertiary/aromatic N) is 1. The molecule has 2 atom stereocenters. The molecule has 1 aromatic rings. The van der Waals surface area contributed by atoms with Gasteiger partial charge in [-0.15, -0.1) is 0 Å². The minimum absolute atomic E-state index is 0.192. The molecule has 0 radical (unpaired) electrons. The molecule has 4 heteroatoms. The van der Waals surface area contributed by atoms with Crippen molar-refractivity contribution in [2.75, 3.05) is 19.6 Å². The smallest absolute Gasteiger partial charge is 0.223 e. The number of amides is 1. The molecule has 1 aromatic carbocycles. The molecule has 3 fully saturated rings. The molecule has 1 aliphatic heterocycles. The van der Waals surface area contributed by atoms with Gasteiger partial charge in [0.05, 0.1) is 0 Å². The average molecular weight is 405 g/mol. The molecular weight excluding hydrogens is 376 g/mol. The van der Waals surface area contributed by atoms with Gasteiger partial charge in [0.15, 0.2) is 0 Å². The molecule has 1 saturated heterocycles. The van der Waals surface area contributed by atoms with Crippen molar-refractivity contribution in [2.45, 2.75) is 56.9 Å². The van der Waals surface area contributed by atoms with Crippen LogP contribution in [-0.2, 0) is 4.79 Å². The summed E-state index contributed by atoms with van der Waals surface area (Å²) in [7, 11) is 0. The number of piperidine rings is 1. The summed E-state index contributed by atoms with van der Waals surface area (Å²) in [6.45, 7) is 3.60. The summed E-state index contributed by atoms with van der Waals surface area (Å²) in [6, 6.07) is 8.82. The molecule has 1 N–H and O–H groups in total. The highest BCUT2D eigenvalue weighted by molar-refractivity contribution is 9.10. The third-order valence-corrected chi connectivity index (χ3v) is 6.88. The van der Waals surface area contributed by atoms with Crippen molar-refractivity contribution in [3.05, 3.63) is 34.3 Å². The first-order valence-corrected chi connectivity index (χ1v) is 10.8. The Hall–Kier alpha value is -0.870. The van der Waals surface area contributed by atoms with Crippen molar-refractivity contribution < 1.29 is 4.79 Å². The second-order valence-corrected chi connectivity index (χ2v) is 9.15. The van der Waals surface area contributed by atoms with E-state index in [9.17, 15) is 4.79 Å². The Morgan fingerprint density at radius 1 is 1.08 bits per heavy atom. The summed E-state index contributed by atoms with van der Waals surface area (Å²) < 4.78 is 1.10. The molecule has 2 aliphatic carbocycles. The number of halogens is 1. The van der Waals surface area contributed by atoms with E-state index in [1.54, 1.807) is 0 Å². The number of benzene rings is 1. The zero-order valence-corrected chi connectivity index (χ0v) is 16.5. The topological polar surface area (TPSA) is 32.3 Å². The van der Waals surface area contributed by atoms with Crippen molar-refractivity contribution in [3.8, 4) is 0 Å². The van der Waals surface area contributed by atoms with Crippen molar-refractivity contribution in [1.82, 2.24) is 10.2 Å². The molecule has 25 heavy (non-hydrogen) atoms. The van der Waals surface area contributed by atoms with Crippen molar-refractivity contribution in [3.63, 3.8) is 0 Å². The van der Waals surface area contributed by atoms with Crippen LogP contribution in [0.3, 0.4) is 0 Å². The lowest BCUT2D eigenvalue weighted by Gasteiger charge is -2.33. The predicted octanol–water partition coefficient (Wildman–Crippen LogP) is 4.32. The predicted molar refractivity (Wildman–Crippen MR) is 105 cm³/mol. The maximum absolute atomic E-state index is 12.6. The van der Waals surface area contributed by atoms with Crippen LogP contribution in [0.5, 0.6) is 0 Å². The lowest BCUT2D eigenvalue weighted by Crippen LogP contribution is -2.46. The Kier molecular flexibility index (Phi) is 5.47. The van der Waals surface area contributed by atoms with Gasteiger partial charge in [0.1, 0.15) is 0 Å². The first kappa shape index (κ1) is 17.5. The van der Waals surface area contributed by atoms with Gasteiger partial charge in [-0.05, 0) is 61.6 Å². The zero-order valence-electron chi connectivity index (χ0n) is 14.9. The highest BCUT2D eigenvalue weighted by atomic mass is 79.9. The van der Waals surface area contributed by atoms with Crippen LogP contribution in [0.2, 0.25) is 0 Å². The van der Waals surface area contributed by atoms with Gasteiger partial charge >= 0.3 is 0 Å². The van der Waals surface area contributed by atoms with E-state index in [0.29, 0.717) is 12.0 Å². The van der Waals surface area contributed by atoms with E-state index in [-0.39, 0.29) is 11.8 Å². The van der Waals surface area contributed by atoms with Crippen LogP contribution in [0.15, 0.2) is 28.7 Å². The monoisotopic (exact) mass is 404 g/mol. The van der Waals surface area contributed by atoms with E-state index >= 15 is 0 Å². The largest absolute Gasteiger partial charge is 0.353 e. The quantitative estimate of drug-likeness (QED) is 0.791. The summed E-state index contributed by atoms with van der Waals surface area (Å²) in [5, 5.41) is 3.33. The lowest BCUT2D eigenvalue weighted by molar-refractivity contribution is -0.123. The van der Waals surface area contributed by atoms with Crippen LogP contribution in [0.4, 0.5) is 0 Å². The number of carbonyl (C=O) groups is 1. The van der Waals surface area contributed by atoms with Crippen molar-refractivity contribution in [1.29, 1.82) is 0 Å². The number of hydrogen-bond donors (Lipinski definition) is 1. The standard InChI is InChI=1S/C21H29BrN2O/c22-17-7-5-16(6-8-17)19-13-20(19)21(25)23-18-9-11-24(12-10-18)14-15-3-1-2-4-15/h5-8,15,18-20H,1-4,9-14H2,(H,23,25)/t19-,20+/m0/s1. The average Bonchev–Trinajstić information content (AvgIpc) is 3.26. The first-order chi connectivity index (χ1) is 12.2. The molecule has 0 bridgehead atoms. The fraction of sp³-hybridized carbons (Fsp3) is 0.667. The zero-order chi connectivity index (χ0) is 17.2. The van der Waals surface area contributed by atoms with Gasteiger partial charge in [-0.3, -0.25) is 4.79 Å². The third kappa shape index (κ3) is 4.46. The Balaban J connectivity index is 1.20. The second kappa shape index (κ2) is 7.79. The number of likely N-dealkylation sites (tertiary alicyclic amines) is 1. The fourth-order valence-electron chi connectivity index (χ4n) is 4.69. The Bertz CT molecular complexity index is 588. The molecule has 3 nitrogen and oxygen atoms in total. The molecule has 0 unspecified atom stereocenters. The summed E-state index contributed by atoms with van der Waals surface area (Å²) in [6.07, 6.45) is 8.96. The minimum Gasteiger partial charge on any atom is -0.353 e. The number of rotatable bonds is 5. The SMILES string of the molecule is O=C(NC1CCN(CC2CCCC2)CC1)[C@@H]1C[C@H]1c1ccc(Br)cc1. The Labute approximate surface area is 159 Å². The minimum atomic E-state index is 0.192. The van der Waals surface area contributed by atoms with Crippen LogP contribution < -0.4 is 5.32 Å². The van der Waals surface area contributed by atoms with Crippen LogP contribution in [0.1, 0.15) is 56.4 Å². The van der Waals surface area contributed by atoms with Crippen LogP contribution in [0.25, 0.3) is 0 Å². The van der Waals surface area contributed by atoms with E-state index in [2.05, 4.69) is 50.4 Å². The first-order valence-electron chi connectivity index (χ1n) is 9.97. The van der Waals surface area contributed by atoms with E-state index < -0.39 is 0 Å².